The number of aromatic nitrogens is 1. The Kier molecular flexibility index (Phi) is 3.31. The predicted molar refractivity (Wildman–Crippen MR) is 72.2 cm³/mol. The number of nitrogens with two attached hydrogens (primary N) is 1. The van der Waals surface area contributed by atoms with E-state index in [9.17, 15) is 0 Å². The first-order valence-electron chi connectivity index (χ1n) is 5.67. The van der Waals surface area contributed by atoms with Crippen molar-refractivity contribution in [1.29, 1.82) is 0 Å². The maximum Gasteiger partial charge on any atom is 0.126 e. The van der Waals surface area contributed by atoms with Gasteiger partial charge in [0.2, 0.25) is 0 Å². The largest absolute Gasteiger partial charge is 0.389 e. The van der Waals surface area contributed by atoms with E-state index in [-0.39, 0.29) is 11.6 Å². The molecule has 1 saturated heterocycles. The summed E-state index contributed by atoms with van der Waals surface area (Å²) < 4.78 is 5.57. The van der Waals surface area contributed by atoms with Gasteiger partial charge in [-0.25, -0.2) is 4.98 Å². The highest BCUT2D eigenvalue weighted by Crippen LogP contribution is 2.28. The summed E-state index contributed by atoms with van der Waals surface area (Å²) in [6, 6.07) is 3.77. The van der Waals surface area contributed by atoms with Crippen LogP contribution in [0.2, 0.25) is 0 Å². The zero-order valence-electron chi connectivity index (χ0n) is 10.1. The molecular formula is C12H17N3OS. The highest BCUT2D eigenvalue weighted by molar-refractivity contribution is 7.80. The van der Waals surface area contributed by atoms with Crippen LogP contribution < -0.4 is 11.1 Å². The zero-order valence-corrected chi connectivity index (χ0v) is 10.9. The van der Waals surface area contributed by atoms with Gasteiger partial charge in [0, 0.05) is 18.4 Å². The zero-order chi connectivity index (χ0) is 12.5. The Balaban J connectivity index is 2.11. The summed E-state index contributed by atoms with van der Waals surface area (Å²) in [7, 11) is 0. The lowest BCUT2D eigenvalue weighted by atomic mass is 9.95. The Hall–Kier alpha value is -1.20. The Bertz CT molecular complexity index is 420. The lowest BCUT2D eigenvalue weighted by Crippen LogP contribution is -2.41. The molecule has 1 aliphatic heterocycles. The molecule has 1 aliphatic rings. The van der Waals surface area contributed by atoms with Gasteiger partial charge in [-0.15, -0.1) is 0 Å². The maximum atomic E-state index is 5.57. The molecule has 2 atom stereocenters. The van der Waals surface area contributed by atoms with Gasteiger partial charge in [0.15, 0.2) is 0 Å². The molecule has 0 aromatic carbocycles. The van der Waals surface area contributed by atoms with E-state index in [0.717, 1.165) is 24.4 Å². The molecule has 1 fully saturated rings. The molecule has 2 heterocycles. The Morgan fingerprint density at radius 2 is 2.41 bits per heavy atom. The number of pyridine rings is 1. The molecule has 0 amide bonds. The van der Waals surface area contributed by atoms with Gasteiger partial charge in [-0.2, -0.15) is 0 Å². The smallest absolute Gasteiger partial charge is 0.126 e. The summed E-state index contributed by atoms with van der Waals surface area (Å²) in [6.07, 6.45) is 2.85. The van der Waals surface area contributed by atoms with Gasteiger partial charge in [-0.3, -0.25) is 0 Å². The van der Waals surface area contributed by atoms with Crippen LogP contribution in [-0.2, 0) is 4.74 Å². The Labute approximate surface area is 107 Å². The van der Waals surface area contributed by atoms with Crippen molar-refractivity contribution in [2.24, 2.45) is 5.73 Å². The fourth-order valence-electron chi connectivity index (χ4n) is 1.91. The van der Waals surface area contributed by atoms with E-state index < -0.39 is 0 Å². The average Bonchev–Trinajstić information content (AvgIpc) is 2.60. The van der Waals surface area contributed by atoms with Crippen LogP contribution in [0.3, 0.4) is 0 Å². The molecule has 4 nitrogen and oxygen atoms in total. The van der Waals surface area contributed by atoms with Crippen LogP contribution in [0, 0.1) is 0 Å². The lowest BCUT2D eigenvalue weighted by Gasteiger charge is -2.29. The number of nitrogens with zero attached hydrogens (tertiary/aromatic N) is 1. The molecule has 3 N–H and O–H groups in total. The predicted octanol–water partition coefficient (Wildman–Crippen LogP) is 1.70. The minimum Gasteiger partial charge on any atom is -0.389 e. The minimum atomic E-state index is -0.0578. The number of hydrogen-bond acceptors (Lipinski definition) is 4. The molecule has 0 spiro atoms. The molecule has 0 radical (unpaired) electrons. The number of ether oxygens (including phenoxy) is 1. The monoisotopic (exact) mass is 251 g/mol. The number of hydrogen-bond donors (Lipinski definition) is 2. The van der Waals surface area contributed by atoms with Gasteiger partial charge < -0.3 is 15.8 Å². The maximum absolute atomic E-state index is 5.57. The normalized spacial score (nSPS) is 28.0. The van der Waals surface area contributed by atoms with Crippen LogP contribution in [0.5, 0.6) is 0 Å². The fourth-order valence-corrected chi connectivity index (χ4v) is 2.03. The highest BCUT2D eigenvalue weighted by atomic mass is 32.1. The molecule has 2 unspecified atom stereocenters. The van der Waals surface area contributed by atoms with Gasteiger partial charge in [-0.05, 0) is 32.4 Å². The first kappa shape index (κ1) is 12.3. The van der Waals surface area contributed by atoms with Crippen molar-refractivity contribution in [3.63, 3.8) is 0 Å². The van der Waals surface area contributed by atoms with Gasteiger partial charge >= 0.3 is 0 Å². The van der Waals surface area contributed by atoms with E-state index >= 15 is 0 Å². The second-order valence-corrected chi connectivity index (χ2v) is 5.04. The first-order chi connectivity index (χ1) is 8.01. The van der Waals surface area contributed by atoms with E-state index in [2.05, 4.69) is 24.1 Å². The fraction of sp³-hybridized carbons (Fsp3) is 0.500. The summed E-state index contributed by atoms with van der Waals surface area (Å²) in [4.78, 5) is 4.68. The molecule has 0 aliphatic carbocycles. The summed E-state index contributed by atoms with van der Waals surface area (Å²) in [5, 5.41) is 3.41. The molecule has 1 aromatic rings. The van der Waals surface area contributed by atoms with Gasteiger partial charge in [0.1, 0.15) is 10.8 Å². The van der Waals surface area contributed by atoms with Crippen molar-refractivity contribution in [3.05, 3.63) is 23.9 Å². The summed E-state index contributed by atoms with van der Waals surface area (Å²) >= 11 is 4.89. The van der Waals surface area contributed by atoms with E-state index in [1.807, 2.05) is 12.1 Å². The Morgan fingerprint density at radius 3 is 2.88 bits per heavy atom. The topological polar surface area (TPSA) is 60.2 Å². The van der Waals surface area contributed by atoms with E-state index in [4.69, 9.17) is 22.7 Å². The van der Waals surface area contributed by atoms with Gasteiger partial charge in [0.25, 0.3) is 0 Å². The summed E-state index contributed by atoms with van der Waals surface area (Å²) in [5.41, 5.74) is 6.25. The SMILES string of the molecule is CC1OCCC1(C)Nc1ccc(C(N)=S)cn1. The molecule has 2 rings (SSSR count). The van der Waals surface area contributed by atoms with Crippen LogP contribution in [0.15, 0.2) is 18.3 Å². The summed E-state index contributed by atoms with van der Waals surface area (Å²) in [5.74, 6) is 0.824. The third kappa shape index (κ3) is 2.56. The highest BCUT2D eigenvalue weighted by Gasteiger charge is 2.37. The molecular weight excluding hydrogens is 234 g/mol. The van der Waals surface area contributed by atoms with Gasteiger partial charge in [0.05, 0.1) is 11.6 Å². The third-order valence-electron chi connectivity index (χ3n) is 3.35. The molecule has 17 heavy (non-hydrogen) atoms. The molecule has 0 saturated carbocycles. The van der Waals surface area contributed by atoms with Crippen LogP contribution in [0.25, 0.3) is 0 Å². The van der Waals surface area contributed by atoms with Crippen molar-refractivity contribution in [2.45, 2.75) is 31.9 Å². The number of nitrogens with one attached hydrogen (secondary N) is 1. The minimum absolute atomic E-state index is 0.0578. The van der Waals surface area contributed by atoms with Crippen LogP contribution >= 0.6 is 12.2 Å². The third-order valence-corrected chi connectivity index (χ3v) is 3.58. The Morgan fingerprint density at radius 1 is 1.65 bits per heavy atom. The number of thiocarbonyl (C=S) groups is 1. The molecule has 1 aromatic heterocycles. The van der Waals surface area contributed by atoms with Crippen molar-refractivity contribution in [2.75, 3.05) is 11.9 Å². The second-order valence-electron chi connectivity index (χ2n) is 4.60. The van der Waals surface area contributed by atoms with Crippen molar-refractivity contribution >= 4 is 23.0 Å². The van der Waals surface area contributed by atoms with Crippen LogP contribution in [0.1, 0.15) is 25.8 Å². The van der Waals surface area contributed by atoms with Crippen molar-refractivity contribution in [3.8, 4) is 0 Å². The lowest BCUT2D eigenvalue weighted by molar-refractivity contribution is 0.105. The van der Waals surface area contributed by atoms with Gasteiger partial charge in [-0.1, -0.05) is 12.2 Å². The quantitative estimate of drug-likeness (QED) is 0.801. The van der Waals surface area contributed by atoms with E-state index in [0.29, 0.717) is 4.99 Å². The standard InChI is InChI=1S/C12H17N3OS/c1-8-12(2,5-6-16-8)15-10-4-3-9(7-14-10)11(13)17/h3-4,7-8H,5-6H2,1-2H3,(H2,13,17)(H,14,15). The summed E-state index contributed by atoms with van der Waals surface area (Å²) in [6.45, 7) is 5.01. The second kappa shape index (κ2) is 4.58. The number of anilines is 1. The van der Waals surface area contributed by atoms with Crippen molar-refractivity contribution in [1.82, 2.24) is 4.98 Å². The van der Waals surface area contributed by atoms with Crippen LogP contribution in [-0.4, -0.2) is 28.2 Å². The average molecular weight is 251 g/mol. The van der Waals surface area contributed by atoms with Crippen LogP contribution in [0.4, 0.5) is 5.82 Å². The molecule has 5 heteroatoms. The van der Waals surface area contributed by atoms with E-state index in [1.165, 1.54) is 0 Å². The molecule has 92 valence electrons. The molecule has 0 bridgehead atoms. The van der Waals surface area contributed by atoms with Crippen molar-refractivity contribution < 1.29 is 4.74 Å². The number of rotatable bonds is 3. The first-order valence-corrected chi connectivity index (χ1v) is 6.08. The van der Waals surface area contributed by atoms with E-state index in [1.54, 1.807) is 6.20 Å².